The van der Waals surface area contributed by atoms with E-state index in [1.54, 1.807) is 0 Å². The summed E-state index contributed by atoms with van der Waals surface area (Å²) in [6.45, 7) is 16.9. The van der Waals surface area contributed by atoms with E-state index in [4.69, 9.17) is 0 Å². The summed E-state index contributed by atoms with van der Waals surface area (Å²) < 4.78 is 0. The van der Waals surface area contributed by atoms with Crippen molar-refractivity contribution >= 4 is 0 Å². The Hall–Kier alpha value is 0. The van der Waals surface area contributed by atoms with Crippen LogP contribution in [0.2, 0.25) is 0 Å². The van der Waals surface area contributed by atoms with Gasteiger partial charge in [-0.15, -0.1) is 0 Å². The summed E-state index contributed by atoms with van der Waals surface area (Å²) >= 11 is 0. The third-order valence-electron chi connectivity index (χ3n) is 5.96. The minimum Gasteiger partial charge on any atom is -0.0654 e. The van der Waals surface area contributed by atoms with Crippen LogP contribution in [-0.2, 0) is 0 Å². The molecule has 0 N–H and O–H groups in total. The van der Waals surface area contributed by atoms with Gasteiger partial charge in [0.05, 0.1) is 0 Å². The smallest absolute Gasteiger partial charge is 0.0272 e. The van der Waals surface area contributed by atoms with Gasteiger partial charge in [-0.05, 0) is 29.6 Å². The lowest BCUT2D eigenvalue weighted by Crippen LogP contribution is -2.34. The van der Waals surface area contributed by atoms with Crippen LogP contribution in [0.1, 0.15) is 99.8 Å². The van der Waals surface area contributed by atoms with Gasteiger partial charge in [-0.2, -0.15) is 0 Å². The summed E-state index contributed by atoms with van der Waals surface area (Å²) in [5.74, 6) is 2.69. The monoisotopic (exact) mass is 268 g/mol. The molecule has 0 rings (SSSR count). The molecule has 0 aromatic rings. The fourth-order valence-corrected chi connectivity index (χ4v) is 4.07. The molecule has 0 spiro atoms. The second-order valence-corrected chi connectivity index (χ2v) is 6.89. The molecule has 0 aromatic carbocycles. The predicted molar refractivity (Wildman–Crippen MR) is 89.6 cm³/mol. The van der Waals surface area contributed by atoms with E-state index in [0.717, 1.165) is 17.8 Å². The minimum absolute atomic E-state index is 0.588. The van der Waals surface area contributed by atoms with Gasteiger partial charge in [0.1, 0.15) is 0 Å². The second kappa shape index (κ2) is 9.83. The van der Waals surface area contributed by atoms with E-state index in [0.29, 0.717) is 5.41 Å². The average molecular weight is 269 g/mol. The van der Waals surface area contributed by atoms with Crippen molar-refractivity contribution in [3.8, 4) is 0 Å². The van der Waals surface area contributed by atoms with Gasteiger partial charge < -0.3 is 0 Å². The van der Waals surface area contributed by atoms with Gasteiger partial charge in [0.15, 0.2) is 0 Å². The Morgan fingerprint density at radius 2 is 1.26 bits per heavy atom. The first-order valence-electron chi connectivity index (χ1n) is 9.01. The van der Waals surface area contributed by atoms with Gasteiger partial charge in [-0.1, -0.05) is 93.4 Å². The molecular formula is C19H40. The molecular weight excluding hydrogens is 228 g/mol. The maximum atomic E-state index is 2.52. The third kappa shape index (κ3) is 5.48. The van der Waals surface area contributed by atoms with Crippen molar-refractivity contribution < 1.29 is 0 Å². The Morgan fingerprint density at radius 3 is 1.58 bits per heavy atom. The van der Waals surface area contributed by atoms with Crippen molar-refractivity contribution in [2.45, 2.75) is 99.8 Å². The Labute approximate surface area is 123 Å². The van der Waals surface area contributed by atoms with Crippen molar-refractivity contribution in [1.82, 2.24) is 0 Å². The van der Waals surface area contributed by atoms with E-state index in [9.17, 15) is 0 Å². The lowest BCUT2D eigenvalue weighted by molar-refractivity contribution is 0.0683. The van der Waals surface area contributed by atoms with E-state index < -0.39 is 0 Å². The second-order valence-electron chi connectivity index (χ2n) is 6.89. The number of hydrogen-bond acceptors (Lipinski definition) is 0. The summed E-state index contributed by atoms with van der Waals surface area (Å²) in [6, 6.07) is 0. The molecule has 0 aliphatic carbocycles. The van der Waals surface area contributed by atoms with Gasteiger partial charge >= 0.3 is 0 Å². The molecule has 0 aliphatic heterocycles. The van der Waals surface area contributed by atoms with Crippen LogP contribution in [0.4, 0.5) is 0 Å². The molecule has 0 heterocycles. The molecule has 116 valence electrons. The molecule has 19 heavy (non-hydrogen) atoms. The Bertz CT molecular complexity index is 196. The molecule has 0 aromatic heterocycles. The van der Waals surface area contributed by atoms with Crippen molar-refractivity contribution in [1.29, 1.82) is 0 Å². The van der Waals surface area contributed by atoms with Crippen molar-refractivity contribution in [3.05, 3.63) is 0 Å². The van der Waals surface area contributed by atoms with Crippen molar-refractivity contribution in [3.63, 3.8) is 0 Å². The highest BCUT2D eigenvalue weighted by Gasteiger charge is 2.36. The van der Waals surface area contributed by atoms with Crippen LogP contribution in [0.15, 0.2) is 0 Å². The molecule has 0 fully saturated rings. The highest BCUT2D eigenvalue weighted by atomic mass is 14.4. The van der Waals surface area contributed by atoms with E-state index in [1.807, 2.05) is 0 Å². The minimum atomic E-state index is 0.588. The fourth-order valence-electron chi connectivity index (χ4n) is 4.07. The molecule has 0 aliphatic rings. The normalized spacial score (nSPS) is 15.8. The van der Waals surface area contributed by atoms with Crippen molar-refractivity contribution in [2.24, 2.45) is 23.2 Å². The zero-order valence-electron chi connectivity index (χ0n) is 14.9. The van der Waals surface area contributed by atoms with Gasteiger partial charge in [0.25, 0.3) is 0 Å². The summed E-state index contributed by atoms with van der Waals surface area (Å²) in [5, 5.41) is 0. The van der Waals surface area contributed by atoms with Crippen LogP contribution in [0, 0.1) is 23.2 Å². The molecule has 0 nitrogen and oxygen atoms in total. The number of hydrogen-bond donors (Lipinski definition) is 0. The Balaban J connectivity index is 4.93. The maximum Gasteiger partial charge on any atom is -0.0272 e. The van der Waals surface area contributed by atoms with Crippen LogP contribution in [0.5, 0.6) is 0 Å². The largest absolute Gasteiger partial charge is 0.0654 e. The van der Waals surface area contributed by atoms with Gasteiger partial charge in [-0.3, -0.25) is 0 Å². The predicted octanol–water partition coefficient (Wildman–Crippen LogP) is 7.08. The number of rotatable bonds is 11. The topological polar surface area (TPSA) is 0 Å². The lowest BCUT2D eigenvalue weighted by atomic mass is 9.62. The van der Waals surface area contributed by atoms with Crippen molar-refractivity contribution in [2.75, 3.05) is 0 Å². The van der Waals surface area contributed by atoms with Crippen LogP contribution in [0.3, 0.4) is 0 Å². The molecule has 0 amide bonds. The molecule has 0 heteroatoms. The molecule has 0 bridgehead atoms. The molecule has 2 unspecified atom stereocenters. The van der Waals surface area contributed by atoms with Gasteiger partial charge in [0, 0.05) is 0 Å². The Morgan fingerprint density at radius 1 is 0.789 bits per heavy atom. The zero-order chi connectivity index (χ0) is 14.9. The van der Waals surface area contributed by atoms with E-state index >= 15 is 0 Å². The molecule has 0 saturated carbocycles. The first-order chi connectivity index (χ1) is 9.01. The van der Waals surface area contributed by atoms with E-state index in [1.165, 1.54) is 51.4 Å². The quantitative estimate of drug-likeness (QED) is 0.375. The summed E-state index contributed by atoms with van der Waals surface area (Å²) in [5.41, 5.74) is 0.588. The van der Waals surface area contributed by atoms with Crippen LogP contribution < -0.4 is 0 Å². The van der Waals surface area contributed by atoms with Crippen LogP contribution in [0.25, 0.3) is 0 Å². The zero-order valence-corrected chi connectivity index (χ0v) is 14.9. The summed E-state index contributed by atoms with van der Waals surface area (Å²) in [7, 11) is 0. The van der Waals surface area contributed by atoms with Crippen LogP contribution >= 0.6 is 0 Å². The van der Waals surface area contributed by atoms with Crippen LogP contribution in [-0.4, -0.2) is 0 Å². The average Bonchev–Trinajstić information content (AvgIpc) is 2.43. The first kappa shape index (κ1) is 19.0. The first-order valence-corrected chi connectivity index (χ1v) is 9.01. The molecule has 2 atom stereocenters. The highest BCUT2D eigenvalue weighted by molar-refractivity contribution is 4.86. The summed E-state index contributed by atoms with van der Waals surface area (Å²) in [4.78, 5) is 0. The fraction of sp³-hybridized carbons (Fsp3) is 1.00. The maximum absolute atomic E-state index is 2.52. The van der Waals surface area contributed by atoms with Gasteiger partial charge in [-0.25, -0.2) is 0 Å². The van der Waals surface area contributed by atoms with E-state index in [2.05, 4.69) is 48.5 Å². The highest BCUT2D eigenvalue weighted by Crippen LogP contribution is 2.46. The summed E-state index contributed by atoms with van der Waals surface area (Å²) in [6.07, 6.45) is 11.1. The molecule has 0 saturated heterocycles. The standard InChI is InChI=1S/C19H40/c1-8-13-18(14-9-2)15-19(11-4,12-5)17(7)16(6)10-3/h16-18H,8-15H2,1-7H3. The third-order valence-corrected chi connectivity index (χ3v) is 5.96. The van der Waals surface area contributed by atoms with E-state index in [-0.39, 0.29) is 0 Å². The Kier molecular flexibility index (Phi) is 9.83. The molecule has 0 radical (unpaired) electrons. The SMILES string of the molecule is CCCC(CCC)CC(CC)(CC)C(C)C(C)CC. The lowest BCUT2D eigenvalue weighted by Gasteiger charge is -2.43. The van der Waals surface area contributed by atoms with Gasteiger partial charge in [0.2, 0.25) is 0 Å².